The molecule has 0 atom stereocenters. The van der Waals surface area contributed by atoms with Gasteiger partial charge in [-0.2, -0.15) is 22.7 Å². The van der Waals surface area contributed by atoms with E-state index in [1.807, 2.05) is 0 Å². The molecule has 0 radical (unpaired) electrons. The highest BCUT2D eigenvalue weighted by Crippen LogP contribution is 2.40. The Hall–Kier alpha value is -2.45. The third-order valence-electron chi connectivity index (χ3n) is 7.05. The van der Waals surface area contributed by atoms with Gasteiger partial charge >= 0.3 is 0 Å². The minimum Gasteiger partial charge on any atom is -0.497 e. The number of ether oxygens (including phenoxy) is 3. The third-order valence-corrected chi connectivity index (χ3v) is 7.05. The Morgan fingerprint density at radius 1 is 0.500 bits per heavy atom. The predicted octanol–water partition coefficient (Wildman–Crippen LogP) is 7.07. The van der Waals surface area contributed by atoms with Gasteiger partial charge in [0.15, 0.2) is 0 Å². The van der Waals surface area contributed by atoms with Gasteiger partial charge in [0.2, 0.25) is 0 Å². The number of hydrogen-bond acceptors (Lipinski definition) is 3. The maximum atomic E-state index is 5.46. The van der Waals surface area contributed by atoms with Crippen molar-refractivity contribution in [1.29, 1.82) is 0 Å². The second kappa shape index (κ2) is 15.8. The van der Waals surface area contributed by atoms with E-state index in [1.54, 1.807) is 21.3 Å². The largest absolute Gasteiger partial charge is 0.497 e. The first-order valence-electron chi connectivity index (χ1n) is 14.1. The summed E-state index contributed by atoms with van der Waals surface area (Å²) in [7, 11) is 4.77. The first kappa shape index (κ1) is 31.8. The normalized spacial score (nSPS) is 11.4. The van der Waals surface area contributed by atoms with Gasteiger partial charge in [-0.3, -0.25) is 0 Å². The summed E-state index contributed by atoms with van der Waals surface area (Å²) in [6, 6.07) is 25.9. The molecule has 0 fully saturated rings. The fraction of sp³-hybridized carbons (Fsp3) is 0.455. The molecule has 0 spiro atoms. The number of hydrogen-bond donors (Lipinski definition) is 0. The zero-order valence-corrected chi connectivity index (χ0v) is 26.0. The number of benzene rings is 3. The van der Waals surface area contributed by atoms with Gasteiger partial charge in [-0.1, -0.05) is 81.8 Å². The molecule has 0 aliphatic rings. The Morgan fingerprint density at radius 2 is 0.789 bits per heavy atom. The van der Waals surface area contributed by atoms with E-state index < -0.39 is 6.15 Å². The Morgan fingerprint density at radius 3 is 1.08 bits per heavy atom. The van der Waals surface area contributed by atoms with Crippen molar-refractivity contribution in [2.75, 3.05) is 48.0 Å². The van der Waals surface area contributed by atoms with Crippen molar-refractivity contribution in [3.8, 4) is 17.2 Å². The van der Waals surface area contributed by atoms with Crippen molar-refractivity contribution in [2.24, 2.45) is 0 Å². The molecule has 0 saturated carbocycles. The van der Waals surface area contributed by atoms with E-state index in [0.717, 1.165) is 23.6 Å². The Balaban J connectivity index is 0.000000926. The van der Waals surface area contributed by atoms with Crippen LogP contribution in [0.15, 0.2) is 72.8 Å². The highest BCUT2D eigenvalue weighted by molar-refractivity contribution is 7.73. The van der Waals surface area contributed by atoms with Crippen LogP contribution in [0.4, 0.5) is 0 Å². The van der Waals surface area contributed by atoms with Gasteiger partial charge in [0.1, 0.15) is 17.2 Å². The average molecular weight is 537 g/mol. The minimum absolute atomic E-state index is 0.389. The van der Waals surface area contributed by atoms with E-state index in [4.69, 9.17) is 14.2 Å². The molecule has 0 aliphatic carbocycles. The standard InChI is InChI=1S/C29H38BO3.C4H12P/c1-5-6-7-8-9-10-23-30(24-11-17-27(31-2)18-12-24,25-13-19-28(32-3)20-14-25)26-15-21-29(33-4)22-16-26;1-5(2,3)4/h11-22H,5-10,23H2,1-4H3;1-4H3/q-1;+1. The van der Waals surface area contributed by atoms with Gasteiger partial charge in [-0.15, -0.1) is 0 Å². The Labute approximate surface area is 233 Å². The third kappa shape index (κ3) is 9.70. The van der Waals surface area contributed by atoms with E-state index in [9.17, 15) is 0 Å². The van der Waals surface area contributed by atoms with Crippen LogP contribution in [0.5, 0.6) is 17.2 Å². The van der Waals surface area contributed by atoms with Gasteiger partial charge in [0.05, 0.1) is 27.5 Å². The summed E-state index contributed by atoms with van der Waals surface area (Å²) in [4.78, 5) is 0. The maximum absolute atomic E-state index is 5.46. The summed E-state index contributed by atoms with van der Waals surface area (Å²) in [5, 5.41) is 0. The fourth-order valence-corrected chi connectivity index (χ4v) is 5.11. The van der Waals surface area contributed by atoms with E-state index in [1.165, 1.54) is 54.9 Å². The molecule has 0 heterocycles. The second-order valence-corrected chi connectivity index (χ2v) is 17.0. The van der Waals surface area contributed by atoms with E-state index in [-0.39, 0.29) is 7.26 Å². The summed E-state index contributed by atoms with van der Waals surface area (Å²) in [5.41, 5.74) is 4.00. The molecule has 0 unspecified atom stereocenters. The van der Waals surface area contributed by atoms with Crippen LogP contribution in [0.1, 0.15) is 45.4 Å². The molecule has 0 aliphatic heterocycles. The van der Waals surface area contributed by atoms with Gasteiger partial charge in [0.25, 0.3) is 0 Å². The maximum Gasteiger partial charge on any atom is 0.118 e. The molecule has 3 nitrogen and oxygen atoms in total. The second-order valence-electron chi connectivity index (χ2n) is 11.6. The zero-order valence-electron chi connectivity index (χ0n) is 25.1. The molecule has 5 heteroatoms. The van der Waals surface area contributed by atoms with Crippen LogP contribution in [0.2, 0.25) is 6.32 Å². The lowest BCUT2D eigenvalue weighted by molar-refractivity contribution is 0.415. The summed E-state index contributed by atoms with van der Waals surface area (Å²) in [5.74, 6) is 2.65. The van der Waals surface area contributed by atoms with Crippen molar-refractivity contribution in [2.45, 2.75) is 51.8 Å². The molecule has 0 N–H and O–H groups in total. The van der Waals surface area contributed by atoms with Crippen molar-refractivity contribution in [1.82, 2.24) is 0 Å². The van der Waals surface area contributed by atoms with Crippen molar-refractivity contribution >= 4 is 29.8 Å². The number of unbranched alkanes of at least 4 members (excludes halogenated alkanes) is 5. The zero-order chi connectivity index (χ0) is 28.0. The van der Waals surface area contributed by atoms with Crippen LogP contribution < -0.4 is 30.6 Å². The molecule has 38 heavy (non-hydrogen) atoms. The highest BCUT2D eigenvalue weighted by Gasteiger charge is 2.29. The number of rotatable bonds is 13. The molecular formula is C33H50BO3P. The van der Waals surface area contributed by atoms with Gasteiger partial charge in [0, 0.05) is 33.9 Å². The van der Waals surface area contributed by atoms with E-state index >= 15 is 0 Å². The lowest BCUT2D eigenvalue weighted by atomic mass is 9.14. The lowest BCUT2D eigenvalue weighted by Gasteiger charge is -2.43. The topological polar surface area (TPSA) is 27.7 Å². The predicted molar refractivity (Wildman–Crippen MR) is 172 cm³/mol. The van der Waals surface area contributed by atoms with Gasteiger partial charge in [-0.25, -0.2) is 0 Å². The Kier molecular flexibility index (Phi) is 13.2. The van der Waals surface area contributed by atoms with Crippen LogP contribution in [-0.2, 0) is 0 Å². The molecule has 3 aromatic carbocycles. The highest BCUT2D eigenvalue weighted by atomic mass is 31.2. The molecule has 0 bridgehead atoms. The number of methoxy groups -OCH3 is 3. The summed E-state index contributed by atoms with van der Waals surface area (Å²) >= 11 is 0. The van der Waals surface area contributed by atoms with Crippen LogP contribution in [0.25, 0.3) is 0 Å². The lowest BCUT2D eigenvalue weighted by Crippen LogP contribution is -2.66. The summed E-state index contributed by atoms with van der Waals surface area (Å²) in [6.45, 7) is 11.5. The molecule has 3 rings (SSSR count). The van der Waals surface area contributed by atoms with Gasteiger partial charge < -0.3 is 14.2 Å². The smallest absolute Gasteiger partial charge is 0.118 e. The van der Waals surface area contributed by atoms with Crippen LogP contribution >= 0.6 is 7.26 Å². The molecule has 0 aromatic heterocycles. The molecule has 0 amide bonds. The van der Waals surface area contributed by atoms with Crippen molar-refractivity contribution in [3.05, 3.63) is 72.8 Å². The molecular weight excluding hydrogens is 486 g/mol. The van der Waals surface area contributed by atoms with E-state index in [0.29, 0.717) is 0 Å². The quantitative estimate of drug-likeness (QED) is 0.133. The van der Waals surface area contributed by atoms with Crippen LogP contribution in [0, 0.1) is 0 Å². The van der Waals surface area contributed by atoms with Gasteiger partial charge in [-0.05, 0) is 36.4 Å². The van der Waals surface area contributed by atoms with Crippen molar-refractivity contribution < 1.29 is 14.2 Å². The monoisotopic (exact) mass is 536 g/mol. The van der Waals surface area contributed by atoms with Crippen molar-refractivity contribution in [3.63, 3.8) is 0 Å². The first-order chi connectivity index (χ1) is 18.2. The first-order valence-corrected chi connectivity index (χ1v) is 17.6. The minimum atomic E-state index is -1.17. The molecule has 3 aromatic rings. The molecule has 208 valence electrons. The summed E-state index contributed by atoms with van der Waals surface area (Å²) < 4.78 is 16.4. The van der Waals surface area contributed by atoms with Crippen LogP contribution in [0.3, 0.4) is 0 Å². The summed E-state index contributed by atoms with van der Waals surface area (Å²) in [6.07, 6.45) is 7.59. The SMILES string of the molecule is CCCCCCCC[B-](c1ccc(OC)cc1)(c1ccc(OC)cc1)c1ccc(OC)cc1.C[P+](C)(C)C. The van der Waals surface area contributed by atoms with Crippen LogP contribution in [-0.4, -0.2) is 54.1 Å². The molecule has 0 saturated heterocycles. The Bertz CT molecular complexity index is 920. The average Bonchev–Trinajstić information content (AvgIpc) is 2.92. The fourth-order valence-electron chi connectivity index (χ4n) is 5.11. The van der Waals surface area contributed by atoms with E-state index in [2.05, 4.69) is 106 Å².